The summed E-state index contributed by atoms with van der Waals surface area (Å²) < 4.78 is 46.2. The standard InChI is InChI=1S/C32H35F3N2O3/c1-30-13-12-23(36(2)26(39)11-8-19-4-3-5-22(16-19)32(33,34)35)29-31(30)14-15-37(18-20-6-7-20)25(30)17-21-9-10-24(38)28(40-29)27(21)31/h3-5,8-11,16,20,23,25,29,38H,6-7,12-15,17-18H2,1-2H3/t23-,25+,29-,30-,31-/m0/s1. The van der Waals surface area contributed by atoms with Gasteiger partial charge >= 0.3 is 6.18 Å². The van der Waals surface area contributed by atoms with Crippen LogP contribution in [0, 0.1) is 11.3 Å². The summed E-state index contributed by atoms with van der Waals surface area (Å²) in [5.74, 6) is 1.26. The van der Waals surface area contributed by atoms with E-state index in [2.05, 4.69) is 17.9 Å². The second-order valence-electron chi connectivity index (χ2n) is 12.8. The molecule has 3 aliphatic carbocycles. The molecule has 0 aromatic heterocycles. The van der Waals surface area contributed by atoms with E-state index in [-0.39, 0.29) is 34.6 Å². The zero-order valence-corrected chi connectivity index (χ0v) is 22.9. The number of carbonyl (C=O) groups excluding carboxylic acids is 1. The minimum absolute atomic E-state index is 0.0505. The summed E-state index contributed by atoms with van der Waals surface area (Å²) in [5.41, 5.74) is 1.62. The van der Waals surface area contributed by atoms with Gasteiger partial charge in [0, 0.05) is 36.7 Å². The molecule has 0 radical (unpaired) electrons. The van der Waals surface area contributed by atoms with Gasteiger partial charge in [0.05, 0.1) is 11.6 Å². The van der Waals surface area contributed by atoms with Crippen LogP contribution in [-0.2, 0) is 22.8 Å². The summed E-state index contributed by atoms with van der Waals surface area (Å²) in [4.78, 5) is 17.8. The molecule has 0 unspecified atom stereocenters. The number of rotatable bonds is 5. The molecule has 2 aromatic rings. The molecule has 1 spiro atoms. The van der Waals surface area contributed by atoms with Crippen molar-refractivity contribution >= 4 is 12.0 Å². The van der Waals surface area contributed by atoms with Crippen LogP contribution in [0.1, 0.15) is 61.3 Å². The van der Waals surface area contributed by atoms with Crippen LogP contribution in [0.25, 0.3) is 6.08 Å². The van der Waals surface area contributed by atoms with E-state index < -0.39 is 11.7 Å². The van der Waals surface area contributed by atoms with Crippen LogP contribution in [0.15, 0.2) is 42.5 Å². The smallest absolute Gasteiger partial charge is 0.416 e. The highest BCUT2D eigenvalue weighted by Gasteiger charge is 2.71. The van der Waals surface area contributed by atoms with Crippen LogP contribution in [0.5, 0.6) is 11.5 Å². The number of halogens is 3. The molecule has 40 heavy (non-hydrogen) atoms. The van der Waals surface area contributed by atoms with Gasteiger partial charge < -0.3 is 14.7 Å². The van der Waals surface area contributed by atoms with Crippen molar-refractivity contribution in [1.29, 1.82) is 0 Å². The minimum atomic E-state index is -4.44. The lowest BCUT2D eigenvalue weighted by atomic mass is 9.43. The first kappa shape index (κ1) is 25.9. The second kappa shape index (κ2) is 8.75. The third-order valence-corrected chi connectivity index (χ3v) is 10.8. The Hall–Kier alpha value is -3.00. The zero-order chi connectivity index (χ0) is 28.0. The van der Waals surface area contributed by atoms with Gasteiger partial charge in [-0.1, -0.05) is 25.1 Å². The van der Waals surface area contributed by atoms with Crippen LogP contribution in [0.4, 0.5) is 13.2 Å². The number of hydrogen-bond donors (Lipinski definition) is 1. The lowest BCUT2D eigenvalue weighted by Crippen LogP contribution is -2.73. The topological polar surface area (TPSA) is 53.0 Å². The van der Waals surface area contributed by atoms with Gasteiger partial charge in [0.15, 0.2) is 11.5 Å². The van der Waals surface area contributed by atoms with Gasteiger partial charge in [-0.15, -0.1) is 0 Å². The van der Waals surface area contributed by atoms with E-state index >= 15 is 0 Å². The molecule has 2 saturated carbocycles. The third-order valence-electron chi connectivity index (χ3n) is 10.8. The van der Waals surface area contributed by atoms with Crippen LogP contribution in [-0.4, -0.2) is 59.1 Å². The SMILES string of the molecule is CN(C(=O)C=Cc1cccc(C(F)(F)F)c1)[C@H]1CC[C@@]2(C)[C@H]3Cc4ccc(O)c5c4[C@@]2(CCN3CC2CC2)[C@H]1O5. The van der Waals surface area contributed by atoms with E-state index in [1.54, 1.807) is 24.1 Å². The third kappa shape index (κ3) is 3.67. The van der Waals surface area contributed by atoms with Gasteiger partial charge in [-0.2, -0.15) is 13.2 Å². The van der Waals surface area contributed by atoms with Crippen LogP contribution >= 0.6 is 0 Å². The number of ether oxygens (including phenoxy) is 1. The number of hydrogen-bond acceptors (Lipinski definition) is 4. The van der Waals surface area contributed by atoms with E-state index in [4.69, 9.17) is 4.74 Å². The Bertz CT molecular complexity index is 1400. The number of carbonyl (C=O) groups is 1. The van der Waals surface area contributed by atoms with Crippen molar-refractivity contribution in [2.24, 2.45) is 11.3 Å². The Morgan fingerprint density at radius 3 is 2.75 bits per heavy atom. The van der Waals surface area contributed by atoms with Crippen molar-refractivity contribution in [3.63, 3.8) is 0 Å². The first-order valence-corrected chi connectivity index (χ1v) is 14.4. The van der Waals surface area contributed by atoms with E-state index in [1.807, 2.05) is 0 Å². The molecule has 2 bridgehead atoms. The van der Waals surface area contributed by atoms with Crippen molar-refractivity contribution in [2.75, 3.05) is 20.1 Å². The van der Waals surface area contributed by atoms with Crippen molar-refractivity contribution in [2.45, 2.75) is 75.2 Å². The average Bonchev–Trinajstić information content (AvgIpc) is 3.66. The number of piperidine rings is 1. The molecule has 8 heteroatoms. The molecule has 5 nitrogen and oxygen atoms in total. The summed E-state index contributed by atoms with van der Waals surface area (Å²) in [6, 6.07) is 8.95. The van der Waals surface area contributed by atoms with Crippen LogP contribution in [0.2, 0.25) is 0 Å². The number of amides is 1. The Kier molecular flexibility index (Phi) is 5.67. The highest BCUT2D eigenvalue weighted by atomic mass is 19.4. The van der Waals surface area contributed by atoms with Crippen molar-refractivity contribution in [1.82, 2.24) is 9.80 Å². The molecule has 212 valence electrons. The molecule has 5 aliphatic rings. The number of phenolic OH excluding ortho intramolecular Hbond substituents is 1. The molecule has 3 fully saturated rings. The number of nitrogens with zero attached hydrogens (tertiary/aromatic N) is 2. The largest absolute Gasteiger partial charge is 0.504 e. The second-order valence-corrected chi connectivity index (χ2v) is 12.8. The van der Waals surface area contributed by atoms with E-state index in [9.17, 15) is 23.1 Å². The van der Waals surface area contributed by atoms with Gasteiger partial charge in [0.25, 0.3) is 0 Å². The van der Waals surface area contributed by atoms with E-state index in [0.29, 0.717) is 17.4 Å². The molecule has 2 aliphatic heterocycles. The van der Waals surface area contributed by atoms with Gasteiger partial charge in [-0.3, -0.25) is 9.69 Å². The summed E-state index contributed by atoms with van der Waals surface area (Å²) in [5, 5.41) is 10.9. The maximum atomic E-state index is 13.4. The summed E-state index contributed by atoms with van der Waals surface area (Å²) >= 11 is 0. The number of benzene rings is 2. The molecular formula is C32H35F3N2O3. The monoisotopic (exact) mass is 552 g/mol. The minimum Gasteiger partial charge on any atom is -0.504 e. The maximum Gasteiger partial charge on any atom is 0.416 e. The number of alkyl halides is 3. The lowest BCUT2D eigenvalue weighted by Gasteiger charge is -2.66. The van der Waals surface area contributed by atoms with Gasteiger partial charge in [-0.05, 0) is 91.8 Å². The number of likely N-dealkylation sites (tertiary alicyclic amines) is 1. The molecule has 5 atom stereocenters. The number of phenols is 1. The first-order chi connectivity index (χ1) is 19.0. The molecule has 1 N–H and O–H groups in total. The number of aromatic hydroxyl groups is 1. The fraction of sp³-hybridized carbons (Fsp3) is 0.531. The Morgan fingerprint density at radius 1 is 1.20 bits per heavy atom. The lowest BCUT2D eigenvalue weighted by molar-refractivity contribution is -0.150. The maximum absolute atomic E-state index is 13.4. The van der Waals surface area contributed by atoms with Crippen LogP contribution in [0.3, 0.4) is 0 Å². The number of likely N-dealkylation sites (N-methyl/N-ethyl adjacent to an activating group) is 1. The molecule has 7 rings (SSSR count). The van der Waals surface area contributed by atoms with Gasteiger partial charge in [0.1, 0.15) is 6.10 Å². The predicted octanol–water partition coefficient (Wildman–Crippen LogP) is 5.79. The van der Waals surface area contributed by atoms with Crippen molar-refractivity contribution in [3.05, 3.63) is 64.7 Å². The fourth-order valence-electron chi connectivity index (χ4n) is 8.57. The quantitative estimate of drug-likeness (QED) is 0.477. The normalized spacial score (nSPS) is 32.6. The summed E-state index contributed by atoms with van der Waals surface area (Å²) in [7, 11) is 1.76. The Morgan fingerprint density at radius 2 is 2.00 bits per heavy atom. The molecule has 2 heterocycles. The molecular weight excluding hydrogens is 517 g/mol. The summed E-state index contributed by atoms with van der Waals surface area (Å²) in [6.45, 7) is 4.52. The average molecular weight is 553 g/mol. The van der Waals surface area contributed by atoms with Crippen LogP contribution < -0.4 is 4.74 Å². The molecule has 1 amide bonds. The summed E-state index contributed by atoms with van der Waals surface area (Å²) in [6.07, 6.45) is 4.26. The first-order valence-electron chi connectivity index (χ1n) is 14.4. The van der Waals surface area contributed by atoms with E-state index in [0.717, 1.165) is 62.4 Å². The molecule has 1 saturated heterocycles. The van der Waals surface area contributed by atoms with Crippen molar-refractivity contribution < 1.29 is 27.8 Å². The van der Waals surface area contributed by atoms with Gasteiger partial charge in [-0.25, -0.2) is 0 Å². The van der Waals surface area contributed by atoms with Gasteiger partial charge in [0.2, 0.25) is 5.91 Å². The van der Waals surface area contributed by atoms with Crippen molar-refractivity contribution in [3.8, 4) is 11.5 Å². The molecule has 2 aromatic carbocycles. The Labute approximate surface area is 232 Å². The highest BCUT2D eigenvalue weighted by molar-refractivity contribution is 5.92. The predicted molar refractivity (Wildman–Crippen MR) is 145 cm³/mol. The zero-order valence-electron chi connectivity index (χ0n) is 22.9. The highest BCUT2D eigenvalue weighted by Crippen LogP contribution is 2.69. The fourth-order valence-corrected chi connectivity index (χ4v) is 8.57. The Balaban J connectivity index is 1.21. The van der Waals surface area contributed by atoms with E-state index in [1.165, 1.54) is 36.6 Å².